The lowest BCUT2D eigenvalue weighted by atomic mass is 10.0. The van der Waals surface area contributed by atoms with Crippen molar-refractivity contribution in [1.29, 1.82) is 0 Å². The Bertz CT molecular complexity index is 1360. The highest BCUT2D eigenvalue weighted by atomic mass is 16.3. The van der Waals surface area contributed by atoms with Crippen LogP contribution in [0.4, 0.5) is 5.69 Å². The standard InChI is InChI=1S/C26H20N2O2/c1-2-17-10-12-19(13-11-17)26-28-23-16-20(14-15-24(23)30-26)27-25(29)22-9-5-7-18-6-3-4-8-21(18)22/h3-16H,2H2,1H3,(H,27,29). The summed E-state index contributed by atoms with van der Waals surface area (Å²) in [5, 5.41) is 4.95. The van der Waals surface area contributed by atoms with Gasteiger partial charge in [-0.2, -0.15) is 0 Å². The van der Waals surface area contributed by atoms with Gasteiger partial charge in [-0.3, -0.25) is 4.79 Å². The Hall–Kier alpha value is -3.92. The summed E-state index contributed by atoms with van der Waals surface area (Å²) in [6.07, 6.45) is 0.994. The summed E-state index contributed by atoms with van der Waals surface area (Å²) >= 11 is 0. The predicted molar refractivity (Wildman–Crippen MR) is 121 cm³/mol. The lowest BCUT2D eigenvalue weighted by Gasteiger charge is -2.08. The zero-order chi connectivity index (χ0) is 20.5. The Labute approximate surface area is 174 Å². The van der Waals surface area contributed by atoms with E-state index in [2.05, 4.69) is 29.4 Å². The molecule has 0 saturated heterocycles. The molecule has 30 heavy (non-hydrogen) atoms. The van der Waals surface area contributed by atoms with Crippen LogP contribution >= 0.6 is 0 Å². The lowest BCUT2D eigenvalue weighted by molar-refractivity contribution is 0.102. The van der Waals surface area contributed by atoms with Crippen molar-refractivity contribution in [1.82, 2.24) is 4.98 Å². The number of carbonyl (C=O) groups excluding carboxylic acids is 1. The molecule has 0 bridgehead atoms. The van der Waals surface area contributed by atoms with Crippen molar-refractivity contribution >= 4 is 33.5 Å². The Balaban J connectivity index is 1.44. The second-order valence-corrected chi connectivity index (χ2v) is 7.23. The molecule has 4 nitrogen and oxygen atoms in total. The van der Waals surface area contributed by atoms with E-state index in [-0.39, 0.29) is 5.91 Å². The van der Waals surface area contributed by atoms with Crippen LogP contribution in [0.1, 0.15) is 22.8 Å². The van der Waals surface area contributed by atoms with E-state index in [0.717, 1.165) is 22.8 Å². The minimum absolute atomic E-state index is 0.148. The Kier molecular flexibility index (Phi) is 4.52. The van der Waals surface area contributed by atoms with Crippen molar-refractivity contribution in [3.05, 3.63) is 96.1 Å². The molecule has 0 fully saturated rings. The van der Waals surface area contributed by atoms with Crippen LogP contribution < -0.4 is 5.32 Å². The molecule has 0 radical (unpaired) electrons. The van der Waals surface area contributed by atoms with Gasteiger partial charge < -0.3 is 9.73 Å². The molecule has 0 aliphatic heterocycles. The first-order valence-electron chi connectivity index (χ1n) is 10.0. The molecule has 5 rings (SSSR count). The SMILES string of the molecule is CCc1ccc(-c2nc3cc(NC(=O)c4cccc5ccccc45)ccc3o2)cc1. The van der Waals surface area contributed by atoms with Gasteiger partial charge in [0.05, 0.1) is 0 Å². The quantitative estimate of drug-likeness (QED) is 0.382. The van der Waals surface area contributed by atoms with Crippen molar-refractivity contribution in [3.63, 3.8) is 0 Å². The fourth-order valence-electron chi connectivity index (χ4n) is 3.63. The van der Waals surface area contributed by atoms with Crippen molar-refractivity contribution < 1.29 is 9.21 Å². The van der Waals surface area contributed by atoms with Gasteiger partial charge >= 0.3 is 0 Å². The van der Waals surface area contributed by atoms with E-state index in [1.165, 1.54) is 5.56 Å². The number of aryl methyl sites for hydroxylation is 1. The van der Waals surface area contributed by atoms with E-state index in [0.29, 0.717) is 28.2 Å². The number of anilines is 1. The van der Waals surface area contributed by atoms with Crippen molar-refractivity contribution in [3.8, 4) is 11.5 Å². The van der Waals surface area contributed by atoms with Crippen LogP contribution in [0.3, 0.4) is 0 Å². The largest absolute Gasteiger partial charge is 0.436 e. The van der Waals surface area contributed by atoms with Crippen LogP contribution in [0, 0.1) is 0 Å². The van der Waals surface area contributed by atoms with Crippen LogP contribution in [-0.4, -0.2) is 10.9 Å². The van der Waals surface area contributed by atoms with Crippen LogP contribution in [-0.2, 0) is 6.42 Å². The molecule has 5 aromatic rings. The highest BCUT2D eigenvalue weighted by molar-refractivity contribution is 6.13. The number of hydrogen-bond acceptors (Lipinski definition) is 3. The number of aromatic nitrogens is 1. The molecule has 146 valence electrons. The van der Waals surface area contributed by atoms with Crippen molar-refractivity contribution in [2.75, 3.05) is 5.32 Å². The van der Waals surface area contributed by atoms with Crippen LogP contribution in [0.5, 0.6) is 0 Å². The number of amides is 1. The molecule has 0 spiro atoms. The Morgan fingerprint density at radius 1 is 0.933 bits per heavy atom. The highest BCUT2D eigenvalue weighted by Crippen LogP contribution is 2.27. The molecule has 4 aromatic carbocycles. The first kappa shape index (κ1) is 18.1. The number of fused-ring (bicyclic) bond motifs is 2. The van der Waals surface area contributed by atoms with E-state index in [1.807, 2.05) is 72.8 Å². The second kappa shape index (κ2) is 7.48. The van der Waals surface area contributed by atoms with Crippen LogP contribution in [0.15, 0.2) is 89.3 Å². The zero-order valence-corrected chi connectivity index (χ0v) is 16.6. The first-order chi connectivity index (χ1) is 14.7. The number of oxazole rings is 1. The molecule has 0 atom stereocenters. The summed E-state index contributed by atoms with van der Waals surface area (Å²) in [6.45, 7) is 2.13. The summed E-state index contributed by atoms with van der Waals surface area (Å²) in [5.41, 5.74) is 4.93. The number of benzene rings is 4. The first-order valence-corrected chi connectivity index (χ1v) is 10.0. The fraction of sp³-hybridized carbons (Fsp3) is 0.0769. The molecule has 1 amide bonds. The zero-order valence-electron chi connectivity index (χ0n) is 16.6. The third-order valence-electron chi connectivity index (χ3n) is 5.29. The second-order valence-electron chi connectivity index (χ2n) is 7.23. The summed E-state index contributed by atoms with van der Waals surface area (Å²) in [5.74, 6) is 0.426. The van der Waals surface area contributed by atoms with Gasteiger partial charge in [0, 0.05) is 16.8 Å². The minimum Gasteiger partial charge on any atom is -0.436 e. The molecular weight excluding hydrogens is 372 g/mol. The maximum atomic E-state index is 12.9. The van der Waals surface area contributed by atoms with Gasteiger partial charge in [0.15, 0.2) is 5.58 Å². The number of rotatable bonds is 4. The van der Waals surface area contributed by atoms with E-state index < -0.39 is 0 Å². The van der Waals surface area contributed by atoms with Crippen molar-refractivity contribution in [2.24, 2.45) is 0 Å². The minimum atomic E-state index is -0.148. The van der Waals surface area contributed by atoms with Gasteiger partial charge in [0.2, 0.25) is 5.89 Å². The van der Waals surface area contributed by atoms with E-state index >= 15 is 0 Å². The highest BCUT2D eigenvalue weighted by Gasteiger charge is 2.12. The molecule has 1 aromatic heterocycles. The van der Waals surface area contributed by atoms with E-state index in [4.69, 9.17) is 4.42 Å². The predicted octanol–water partition coefficient (Wildman–Crippen LogP) is 6.46. The van der Waals surface area contributed by atoms with Gasteiger partial charge in [-0.25, -0.2) is 4.98 Å². The van der Waals surface area contributed by atoms with Gasteiger partial charge in [0.1, 0.15) is 5.52 Å². The summed E-state index contributed by atoms with van der Waals surface area (Å²) in [6, 6.07) is 27.3. The van der Waals surface area contributed by atoms with Gasteiger partial charge in [-0.05, 0) is 59.2 Å². The van der Waals surface area contributed by atoms with Gasteiger partial charge in [-0.1, -0.05) is 55.5 Å². The van der Waals surface area contributed by atoms with Crippen LogP contribution in [0.25, 0.3) is 33.3 Å². The van der Waals surface area contributed by atoms with E-state index in [1.54, 1.807) is 0 Å². The summed E-state index contributed by atoms with van der Waals surface area (Å²) in [4.78, 5) is 17.5. The Morgan fingerprint density at radius 2 is 1.73 bits per heavy atom. The number of nitrogens with one attached hydrogen (secondary N) is 1. The summed E-state index contributed by atoms with van der Waals surface area (Å²) < 4.78 is 5.91. The number of nitrogens with zero attached hydrogens (tertiary/aromatic N) is 1. The smallest absolute Gasteiger partial charge is 0.256 e. The third-order valence-corrected chi connectivity index (χ3v) is 5.29. The lowest BCUT2D eigenvalue weighted by Crippen LogP contribution is -2.12. The molecule has 1 heterocycles. The average Bonchev–Trinajstić information content (AvgIpc) is 3.22. The van der Waals surface area contributed by atoms with E-state index in [9.17, 15) is 4.79 Å². The molecule has 0 aliphatic rings. The normalized spacial score (nSPS) is 11.1. The molecule has 0 saturated carbocycles. The summed E-state index contributed by atoms with van der Waals surface area (Å²) in [7, 11) is 0. The van der Waals surface area contributed by atoms with Gasteiger partial charge in [0.25, 0.3) is 5.91 Å². The monoisotopic (exact) mass is 392 g/mol. The molecular formula is C26H20N2O2. The van der Waals surface area contributed by atoms with Crippen LogP contribution in [0.2, 0.25) is 0 Å². The number of carbonyl (C=O) groups is 1. The molecule has 4 heteroatoms. The van der Waals surface area contributed by atoms with Gasteiger partial charge in [-0.15, -0.1) is 0 Å². The average molecular weight is 392 g/mol. The molecule has 0 aliphatic carbocycles. The molecule has 1 N–H and O–H groups in total. The fourth-order valence-corrected chi connectivity index (χ4v) is 3.63. The Morgan fingerprint density at radius 3 is 2.57 bits per heavy atom. The number of hydrogen-bond donors (Lipinski definition) is 1. The van der Waals surface area contributed by atoms with Crippen molar-refractivity contribution in [2.45, 2.75) is 13.3 Å². The topological polar surface area (TPSA) is 55.1 Å². The third kappa shape index (κ3) is 3.33. The maximum absolute atomic E-state index is 12.9. The maximum Gasteiger partial charge on any atom is 0.256 e. The molecule has 0 unspecified atom stereocenters.